The largest absolute Gasteiger partial charge is 0.467 e. The van der Waals surface area contributed by atoms with Gasteiger partial charge in [-0.3, -0.25) is 4.79 Å². The number of esters is 1. The van der Waals surface area contributed by atoms with Gasteiger partial charge in [-0.05, 0) is 67.8 Å². The molecule has 6 nitrogen and oxygen atoms in total. The first-order valence-electron chi connectivity index (χ1n) is 8.36. The molecular formula is C19H26INO5. The molecule has 1 rings (SSSR count). The van der Waals surface area contributed by atoms with Crippen LogP contribution in [-0.4, -0.2) is 41.6 Å². The molecule has 0 aliphatic heterocycles. The second-order valence-electron chi connectivity index (χ2n) is 7.30. The number of rotatable bonds is 5. The Kier molecular flexibility index (Phi) is 8.05. The minimum absolute atomic E-state index is 0.0617. The number of nitrogens with zero attached hydrogens (tertiary/aromatic N) is 1. The van der Waals surface area contributed by atoms with Gasteiger partial charge in [-0.2, -0.15) is 0 Å². The van der Waals surface area contributed by atoms with Crippen molar-refractivity contribution in [2.45, 2.75) is 52.7 Å². The van der Waals surface area contributed by atoms with Gasteiger partial charge in [0.15, 0.2) is 0 Å². The highest BCUT2D eigenvalue weighted by atomic mass is 127. The molecule has 0 unspecified atom stereocenters. The number of halogens is 1. The molecule has 1 atom stereocenters. The van der Waals surface area contributed by atoms with Gasteiger partial charge in [0.25, 0.3) is 5.91 Å². The van der Waals surface area contributed by atoms with E-state index >= 15 is 0 Å². The van der Waals surface area contributed by atoms with Gasteiger partial charge in [0.1, 0.15) is 11.6 Å². The molecule has 0 heterocycles. The van der Waals surface area contributed by atoms with E-state index in [4.69, 9.17) is 9.47 Å². The molecule has 0 spiro atoms. The number of hydrogen-bond acceptors (Lipinski definition) is 5. The molecule has 0 N–H and O–H groups in total. The van der Waals surface area contributed by atoms with Gasteiger partial charge < -0.3 is 9.47 Å². The van der Waals surface area contributed by atoms with E-state index < -0.39 is 29.6 Å². The lowest BCUT2D eigenvalue weighted by Crippen LogP contribution is -2.51. The maximum Gasteiger partial charge on any atom is 0.418 e. The van der Waals surface area contributed by atoms with E-state index in [1.54, 1.807) is 45.0 Å². The quantitative estimate of drug-likeness (QED) is 0.470. The van der Waals surface area contributed by atoms with Crippen molar-refractivity contribution in [3.05, 3.63) is 33.4 Å². The predicted molar refractivity (Wildman–Crippen MR) is 107 cm³/mol. The van der Waals surface area contributed by atoms with E-state index in [1.165, 1.54) is 7.11 Å². The van der Waals surface area contributed by atoms with Crippen molar-refractivity contribution in [2.75, 3.05) is 7.11 Å². The summed E-state index contributed by atoms with van der Waals surface area (Å²) in [7, 11) is 1.24. The Morgan fingerprint density at radius 3 is 2.19 bits per heavy atom. The summed E-state index contributed by atoms with van der Waals surface area (Å²) in [4.78, 5) is 39.2. The van der Waals surface area contributed by atoms with Gasteiger partial charge in [-0.25, -0.2) is 14.5 Å². The van der Waals surface area contributed by atoms with Crippen LogP contribution in [-0.2, 0) is 14.3 Å². The second kappa shape index (κ2) is 9.34. The summed E-state index contributed by atoms with van der Waals surface area (Å²) >= 11 is 2.02. The van der Waals surface area contributed by atoms with Crippen molar-refractivity contribution >= 4 is 40.6 Å². The third-order valence-electron chi connectivity index (χ3n) is 3.39. The van der Waals surface area contributed by atoms with Crippen molar-refractivity contribution in [3.8, 4) is 0 Å². The number of methoxy groups -OCH3 is 1. The summed E-state index contributed by atoms with van der Waals surface area (Å²) in [6.45, 7) is 8.92. The van der Waals surface area contributed by atoms with Gasteiger partial charge in [0.2, 0.25) is 0 Å². The summed E-state index contributed by atoms with van der Waals surface area (Å²) in [6.07, 6.45) is -0.584. The van der Waals surface area contributed by atoms with Crippen LogP contribution >= 0.6 is 22.6 Å². The van der Waals surface area contributed by atoms with E-state index in [2.05, 4.69) is 0 Å². The Morgan fingerprint density at radius 1 is 1.15 bits per heavy atom. The fourth-order valence-electron chi connectivity index (χ4n) is 2.32. The molecule has 1 aromatic rings. The van der Waals surface area contributed by atoms with E-state index in [0.29, 0.717) is 9.13 Å². The Labute approximate surface area is 168 Å². The molecule has 0 fully saturated rings. The number of carbonyl (C=O) groups excluding carboxylic acids is 3. The standard InChI is InChI=1S/C19H26INO5/c1-12(2)11-15(17(23)25-6)21(18(24)26-19(3,4)5)16(22)13-9-7-8-10-14(13)20/h7-10,12,15H,11H2,1-6H3/t15-/m0/s1. The average molecular weight is 475 g/mol. The fraction of sp³-hybridized carbons (Fsp3) is 0.526. The molecule has 0 aliphatic rings. The zero-order valence-corrected chi connectivity index (χ0v) is 18.2. The van der Waals surface area contributed by atoms with Crippen LogP contribution < -0.4 is 0 Å². The van der Waals surface area contributed by atoms with Crippen LogP contribution in [0.25, 0.3) is 0 Å². The third kappa shape index (κ3) is 6.26. The molecule has 0 radical (unpaired) electrons. The molecular weight excluding hydrogens is 449 g/mol. The molecule has 26 heavy (non-hydrogen) atoms. The Balaban J connectivity index is 3.40. The summed E-state index contributed by atoms with van der Waals surface area (Å²) in [5.74, 6) is -1.17. The zero-order chi connectivity index (χ0) is 20.1. The highest BCUT2D eigenvalue weighted by Gasteiger charge is 2.39. The molecule has 1 aromatic carbocycles. The monoisotopic (exact) mass is 475 g/mol. The lowest BCUT2D eigenvalue weighted by atomic mass is 10.0. The second-order valence-corrected chi connectivity index (χ2v) is 8.47. The molecule has 0 aromatic heterocycles. The molecule has 7 heteroatoms. The predicted octanol–water partition coefficient (Wildman–Crippen LogP) is 4.26. The van der Waals surface area contributed by atoms with Crippen LogP contribution in [0.5, 0.6) is 0 Å². The van der Waals surface area contributed by atoms with E-state index in [-0.39, 0.29) is 12.3 Å². The van der Waals surface area contributed by atoms with Crippen molar-refractivity contribution in [1.29, 1.82) is 0 Å². The maximum absolute atomic E-state index is 13.1. The summed E-state index contributed by atoms with van der Waals surface area (Å²) < 4.78 is 10.9. The van der Waals surface area contributed by atoms with Gasteiger partial charge in [0, 0.05) is 3.57 Å². The molecule has 0 bridgehead atoms. The normalized spacial score (nSPS) is 12.5. The summed E-state index contributed by atoms with van der Waals surface area (Å²) in [6, 6.07) is 5.82. The van der Waals surface area contributed by atoms with Crippen LogP contribution in [0.2, 0.25) is 0 Å². The minimum Gasteiger partial charge on any atom is -0.467 e. The van der Waals surface area contributed by atoms with Crippen molar-refractivity contribution in [2.24, 2.45) is 5.92 Å². The van der Waals surface area contributed by atoms with Crippen molar-refractivity contribution in [1.82, 2.24) is 4.90 Å². The summed E-state index contributed by atoms with van der Waals surface area (Å²) in [5.41, 5.74) is -0.477. The average Bonchev–Trinajstić information content (AvgIpc) is 2.51. The van der Waals surface area contributed by atoms with Crippen LogP contribution in [0.4, 0.5) is 4.79 Å². The van der Waals surface area contributed by atoms with Crippen LogP contribution in [0.15, 0.2) is 24.3 Å². The molecule has 144 valence electrons. The first-order valence-corrected chi connectivity index (χ1v) is 9.44. The van der Waals surface area contributed by atoms with Gasteiger partial charge in [-0.15, -0.1) is 0 Å². The van der Waals surface area contributed by atoms with Gasteiger partial charge in [0.05, 0.1) is 12.7 Å². The van der Waals surface area contributed by atoms with Gasteiger partial charge >= 0.3 is 12.1 Å². The minimum atomic E-state index is -1.06. The Bertz CT molecular complexity index is 666. The lowest BCUT2D eigenvalue weighted by molar-refractivity contribution is -0.146. The van der Waals surface area contributed by atoms with E-state index in [0.717, 1.165) is 4.90 Å². The van der Waals surface area contributed by atoms with Gasteiger partial charge in [-0.1, -0.05) is 26.0 Å². The topological polar surface area (TPSA) is 72.9 Å². The number of amides is 2. The molecule has 0 saturated heterocycles. The van der Waals surface area contributed by atoms with Crippen molar-refractivity contribution < 1.29 is 23.9 Å². The highest BCUT2D eigenvalue weighted by molar-refractivity contribution is 14.1. The fourth-order valence-corrected chi connectivity index (χ4v) is 2.93. The smallest absolute Gasteiger partial charge is 0.418 e. The van der Waals surface area contributed by atoms with Crippen LogP contribution in [0, 0.1) is 9.49 Å². The van der Waals surface area contributed by atoms with Crippen LogP contribution in [0.1, 0.15) is 51.4 Å². The van der Waals surface area contributed by atoms with E-state index in [9.17, 15) is 14.4 Å². The number of benzene rings is 1. The number of hydrogen-bond donors (Lipinski definition) is 0. The lowest BCUT2D eigenvalue weighted by Gasteiger charge is -2.31. The Hall–Kier alpha value is -1.64. The van der Waals surface area contributed by atoms with Crippen molar-refractivity contribution in [3.63, 3.8) is 0 Å². The first-order chi connectivity index (χ1) is 12.0. The van der Waals surface area contributed by atoms with E-state index in [1.807, 2.05) is 36.4 Å². The zero-order valence-electron chi connectivity index (χ0n) is 16.0. The molecule has 2 amide bonds. The van der Waals surface area contributed by atoms with Crippen LogP contribution in [0.3, 0.4) is 0 Å². The number of imide groups is 1. The summed E-state index contributed by atoms with van der Waals surface area (Å²) in [5, 5.41) is 0. The first kappa shape index (κ1) is 22.4. The maximum atomic E-state index is 13.1. The SMILES string of the molecule is COC(=O)[C@H](CC(C)C)N(C(=O)OC(C)(C)C)C(=O)c1ccccc1I. The molecule has 0 aliphatic carbocycles. The Morgan fingerprint density at radius 2 is 1.73 bits per heavy atom. The number of ether oxygens (including phenoxy) is 2. The molecule has 0 saturated carbocycles. The highest BCUT2D eigenvalue weighted by Crippen LogP contribution is 2.22. The third-order valence-corrected chi connectivity index (χ3v) is 4.33. The number of carbonyl (C=O) groups is 3.